The van der Waals surface area contributed by atoms with E-state index in [1.807, 2.05) is 31.5 Å². The maximum absolute atomic E-state index is 5.05. The summed E-state index contributed by atoms with van der Waals surface area (Å²) in [5.74, 6) is 0. The molecule has 0 saturated carbocycles. The molecule has 0 aliphatic rings. The van der Waals surface area contributed by atoms with Crippen molar-refractivity contribution in [2.45, 2.75) is 0 Å². The summed E-state index contributed by atoms with van der Waals surface area (Å²) in [5.41, 5.74) is 0.822. The fourth-order valence-electron chi connectivity index (χ4n) is 0.777. The van der Waals surface area contributed by atoms with E-state index in [-0.39, 0.29) is 0 Å². The summed E-state index contributed by atoms with van der Waals surface area (Å²) in [5, 5.41) is 5.80. The Labute approximate surface area is 93.2 Å². The zero-order valence-corrected chi connectivity index (χ0v) is 9.68. The largest absolute Gasteiger partial charge is 0.255 e. The summed E-state index contributed by atoms with van der Waals surface area (Å²) < 4.78 is 0.734. The minimum atomic E-state index is 0.734. The number of rotatable bonds is 2. The first-order valence-corrected chi connectivity index (χ1v) is 5.64. The van der Waals surface area contributed by atoms with Gasteiger partial charge in [-0.15, -0.1) is 0 Å². The highest BCUT2D eigenvalue weighted by Crippen LogP contribution is 2.02. The van der Waals surface area contributed by atoms with Gasteiger partial charge in [0, 0.05) is 13.2 Å². The third kappa shape index (κ3) is 3.43. The molecule has 14 heavy (non-hydrogen) atoms. The number of hydrogen-bond donors (Lipinski definition) is 0. The van der Waals surface area contributed by atoms with Gasteiger partial charge in [0.25, 0.3) is 0 Å². The molecule has 0 atom stereocenters. The van der Waals surface area contributed by atoms with Crippen LogP contribution in [0.3, 0.4) is 0 Å². The number of hydrazone groups is 1. The van der Waals surface area contributed by atoms with Crippen LogP contribution in [0.1, 0.15) is 5.69 Å². The highest BCUT2D eigenvalue weighted by molar-refractivity contribution is 8.22. The summed E-state index contributed by atoms with van der Waals surface area (Å²) >= 11 is 6.54. The van der Waals surface area contributed by atoms with E-state index in [1.54, 1.807) is 17.4 Å². The van der Waals surface area contributed by atoms with E-state index < -0.39 is 0 Å². The van der Waals surface area contributed by atoms with Crippen LogP contribution in [0.4, 0.5) is 0 Å². The summed E-state index contributed by atoms with van der Waals surface area (Å²) in [6, 6.07) is 5.67. The summed E-state index contributed by atoms with van der Waals surface area (Å²) in [7, 11) is 1.82. The van der Waals surface area contributed by atoms with Crippen LogP contribution in [-0.2, 0) is 0 Å². The van der Waals surface area contributed by atoms with E-state index >= 15 is 0 Å². The van der Waals surface area contributed by atoms with Crippen LogP contribution in [-0.4, -0.2) is 33.8 Å². The Morgan fingerprint density at radius 1 is 1.64 bits per heavy atom. The lowest BCUT2D eigenvalue weighted by Crippen LogP contribution is -2.15. The molecule has 1 rings (SSSR count). The fraction of sp³-hybridized carbons (Fsp3) is 0.222. The zero-order valence-electron chi connectivity index (χ0n) is 8.04. The molecule has 1 aromatic heterocycles. The number of aromatic nitrogens is 1. The summed E-state index contributed by atoms with van der Waals surface area (Å²) in [6.07, 6.45) is 5.34. The van der Waals surface area contributed by atoms with Gasteiger partial charge in [-0.3, -0.25) is 9.99 Å². The summed E-state index contributed by atoms with van der Waals surface area (Å²) in [6.45, 7) is 0. The van der Waals surface area contributed by atoms with Crippen molar-refractivity contribution in [1.29, 1.82) is 0 Å². The number of thioether (sulfide) groups is 1. The first-order chi connectivity index (χ1) is 6.74. The van der Waals surface area contributed by atoms with E-state index in [9.17, 15) is 0 Å². The third-order valence-corrected chi connectivity index (χ3v) is 2.87. The monoisotopic (exact) mass is 225 g/mol. The van der Waals surface area contributed by atoms with Crippen LogP contribution in [0.5, 0.6) is 0 Å². The predicted octanol–water partition coefficient (Wildman–Crippen LogP) is 2.00. The lowest BCUT2D eigenvalue weighted by atomic mass is 10.4. The van der Waals surface area contributed by atoms with E-state index in [0.29, 0.717) is 0 Å². The lowest BCUT2D eigenvalue weighted by Gasteiger charge is -2.10. The highest BCUT2D eigenvalue weighted by Gasteiger charge is 1.97. The molecule has 3 nitrogen and oxygen atoms in total. The van der Waals surface area contributed by atoms with Crippen LogP contribution in [0.2, 0.25) is 0 Å². The second-order valence-electron chi connectivity index (χ2n) is 2.49. The van der Waals surface area contributed by atoms with Gasteiger partial charge < -0.3 is 0 Å². The molecule has 0 amide bonds. The molecule has 0 unspecified atom stereocenters. The molecule has 0 aliphatic carbocycles. The number of nitrogens with zero attached hydrogens (tertiary/aromatic N) is 3. The van der Waals surface area contributed by atoms with Crippen molar-refractivity contribution < 1.29 is 0 Å². The third-order valence-electron chi connectivity index (χ3n) is 1.49. The Kier molecular flexibility index (Phi) is 4.55. The molecule has 0 N–H and O–H groups in total. The maximum atomic E-state index is 5.05. The molecule has 1 aromatic rings. The minimum absolute atomic E-state index is 0.734. The van der Waals surface area contributed by atoms with Crippen molar-refractivity contribution in [3.63, 3.8) is 0 Å². The molecule has 0 spiro atoms. The zero-order chi connectivity index (χ0) is 10.4. The number of hydrogen-bond acceptors (Lipinski definition) is 4. The Bertz CT molecular complexity index is 324. The van der Waals surface area contributed by atoms with Crippen LogP contribution >= 0.6 is 24.0 Å². The standard InChI is InChI=1S/C9H11N3S2/c1-12(9(13)14-2)11-7-8-5-3-4-6-10-8/h3-7H,1-2H3/b11-7+. The van der Waals surface area contributed by atoms with Gasteiger partial charge in [0.2, 0.25) is 0 Å². The van der Waals surface area contributed by atoms with Gasteiger partial charge >= 0.3 is 0 Å². The lowest BCUT2D eigenvalue weighted by molar-refractivity contribution is 0.568. The van der Waals surface area contributed by atoms with Crippen molar-refractivity contribution in [3.8, 4) is 0 Å². The second-order valence-corrected chi connectivity index (χ2v) is 3.93. The van der Waals surface area contributed by atoms with Gasteiger partial charge in [-0.25, -0.2) is 0 Å². The molecular weight excluding hydrogens is 214 g/mol. The van der Waals surface area contributed by atoms with Gasteiger partial charge in [-0.1, -0.05) is 30.0 Å². The van der Waals surface area contributed by atoms with Crippen molar-refractivity contribution in [1.82, 2.24) is 9.99 Å². The molecular formula is C9H11N3S2. The second kappa shape index (κ2) is 5.72. The van der Waals surface area contributed by atoms with E-state index in [1.165, 1.54) is 11.8 Å². The Hall–Kier alpha value is -0.940. The van der Waals surface area contributed by atoms with E-state index in [4.69, 9.17) is 12.2 Å². The van der Waals surface area contributed by atoms with Crippen molar-refractivity contribution in [3.05, 3.63) is 30.1 Å². The molecule has 0 saturated heterocycles. The van der Waals surface area contributed by atoms with Gasteiger partial charge in [0.1, 0.15) is 0 Å². The van der Waals surface area contributed by atoms with Crippen molar-refractivity contribution >= 4 is 34.5 Å². The molecule has 0 aliphatic heterocycles. The van der Waals surface area contributed by atoms with E-state index in [2.05, 4.69) is 10.1 Å². The normalized spacial score (nSPS) is 10.4. The van der Waals surface area contributed by atoms with Crippen LogP contribution in [0, 0.1) is 0 Å². The van der Waals surface area contributed by atoms with Gasteiger partial charge in [0.15, 0.2) is 4.32 Å². The quantitative estimate of drug-likeness (QED) is 0.437. The van der Waals surface area contributed by atoms with Gasteiger partial charge in [-0.05, 0) is 18.4 Å². The fourth-order valence-corrected chi connectivity index (χ4v) is 1.14. The molecule has 0 radical (unpaired) electrons. The minimum Gasteiger partial charge on any atom is -0.255 e. The van der Waals surface area contributed by atoms with Crippen LogP contribution in [0.25, 0.3) is 0 Å². The van der Waals surface area contributed by atoms with Gasteiger partial charge in [-0.2, -0.15) is 5.10 Å². The molecule has 1 heterocycles. The predicted molar refractivity (Wildman–Crippen MR) is 65.7 cm³/mol. The molecule has 5 heteroatoms. The Morgan fingerprint density at radius 2 is 2.43 bits per heavy atom. The first-order valence-electron chi connectivity index (χ1n) is 4.00. The maximum Gasteiger partial charge on any atom is 0.156 e. The van der Waals surface area contributed by atoms with Crippen LogP contribution in [0.15, 0.2) is 29.5 Å². The molecule has 0 fully saturated rings. The van der Waals surface area contributed by atoms with E-state index in [0.717, 1.165) is 10.0 Å². The molecule has 0 bridgehead atoms. The summed E-state index contributed by atoms with van der Waals surface area (Å²) in [4.78, 5) is 4.11. The number of pyridine rings is 1. The first kappa shape index (κ1) is 11.1. The Balaban J connectivity index is 2.60. The van der Waals surface area contributed by atoms with Crippen molar-refractivity contribution in [2.24, 2.45) is 5.10 Å². The SMILES string of the molecule is CSC(=S)N(C)/N=C/c1ccccn1. The van der Waals surface area contributed by atoms with Crippen LogP contribution < -0.4 is 0 Å². The highest BCUT2D eigenvalue weighted by atomic mass is 32.2. The topological polar surface area (TPSA) is 28.5 Å². The average molecular weight is 225 g/mol. The smallest absolute Gasteiger partial charge is 0.156 e. The van der Waals surface area contributed by atoms with Gasteiger partial charge in [0.05, 0.1) is 11.9 Å². The Morgan fingerprint density at radius 3 is 3.00 bits per heavy atom. The molecule has 0 aromatic carbocycles. The molecule has 74 valence electrons. The average Bonchev–Trinajstić information content (AvgIpc) is 2.26. The van der Waals surface area contributed by atoms with Crippen molar-refractivity contribution in [2.75, 3.05) is 13.3 Å². The number of thiocarbonyl (C=S) groups is 1.